The van der Waals surface area contributed by atoms with Gasteiger partial charge in [0.25, 0.3) is 0 Å². The molecule has 2 aliphatic heterocycles. The van der Waals surface area contributed by atoms with Crippen LogP contribution in [0, 0.1) is 12.8 Å². The van der Waals surface area contributed by atoms with Gasteiger partial charge in [-0.25, -0.2) is 0 Å². The predicted molar refractivity (Wildman–Crippen MR) is 121 cm³/mol. The van der Waals surface area contributed by atoms with Crippen LogP contribution in [0.5, 0.6) is 0 Å². The highest BCUT2D eigenvalue weighted by Gasteiger charge is 2.30. The van der Waals surface area contributed by atoms with Crippen LogP contribution >= 0.6 is 0 Å². The minimum Gasteiger partial charge on any atom is -0.352 e. The number of nitrogens with one attached hydrogen (secondary N) is 1. The topological polar surface area (TPSA) is 66.3 Å². The lowest BCUT2D eigenvalue weighted by atomic mass is 9.92. The Bertz CT molecular complexity index is 835. The Balaban J connectivity index is 1.18. The second-order valence-electron chi connectivity index (χ2n) is 8.97. The maximum Gasteiger partial charge on any atom is 0.223 e. The third kappa shape index (κ3) is 5.52. The number of amides is 1. The van der Waals surface area contributed by atoms with Gasteiger partial charge in [0.05, 0.1) is 6.20 Å². The summed E-state index contributed by atoms with van der Waals surface area (Å²) in [6, 6.07) is 4.57. The summed E-state index contributed by atoms with van der Waals surface area (Å²) in [7, 11) is 0. The lowest BCUT2D eigenvalue weighted by Crippen LogP contribution is -2.49. The zero-order valence-electron chi connectivity index (χ0n) is 19.0. The summed E-state index contributed by atoms with van der Waals surface area (Å²) in [5.41, 5.74) is 3.71. The van der Waals surface area contributed by atoms with Crippen LogP contribution in [-0.2, 0) is 24.4 Å². The molecule has 2 aliphatic rings. The van der Waals surface area contributed by atoms with Gasteiger partial charge in [-0.3, -0.25) is 19.4 Å². The van der Waals surface area contributed by atoms with Crippen LogP contribution in [0.15, 0.2) is 30.7 Å². The number of hydrogen-bond acceptors (Lipinski definition) is 5. The van der Waals surface area contributed by atoms with Gasteiger partial charge < -0.3 is 10.2 Å². The van der Waals surface area contributed by atoms with Crippen molar-refractivity contribution >= 4 is 5.91 Å². The van der Waals surface area contributed by atoms with Gasteiger partial charge in [-0.2, -0.15) is 5.10 Å². The second-order valence-corrected chi connectivity index (χ2v) is 8.97. The number of pyridine rings is 1. The van der Waals surface area contributed by atoms with Gasteiger partial charge in [0.1, 0.15) is 0 Å². The SMILES string of the molecule is CCn1ncc(CN2CCC(N3CCC(C(=O)NCc4cccnc4)CC3)CC2)c1C. The van der Waals surface area contributed by atoms with Crippen molar-refractivity contribution in [2.24, 2.45) is 5.92 Å². The maximum atomic E-state index is 12.6. The van der Waals surface area contributed by atoms with Crippen LogP contribution in [0.2, 0.25) is 0 Å². The van der Waals surface area contributed by atoms with Gasteiger partial charge in [-0.1, -0.05) is 6.07 Å². The number of likely N-dealkylation sites (tertiary alicyclic amines) is 2. The molecule has 0 aromatic carbocycles. The molecule has 2 fully saturated rings. The number of piperidine rings is 2. The monoisotopic (exact) mass is 424 g/mol. The highest BCUT2D eigenvalue weighted by molar-refractivity contribution is 5.78. The fraction of sp³-hybridized carbons (Fsp3) is 0.625. The first-order valence-corrected chi connectivity index (χ1v) is 11.8. The van der Waals surface area contributed by atoms with E-state index in [0.717, 1.165) is 57.7 Å². The average molecular weight is 425 g/mol. The molecule has 2 aromatic heterocycles. The standard InChI is InChI=1S/C24H36N6O/c1-3-30-19(2)22(17-27-30)18-28-11-8-23(9-12-28)29-13-6-21(7-14-29)24(31)26-16-20-5-4-10-25-15-20/h4-5,10,15,17,21,23H,3,6-9,11-14,16,18H2,1-2H3,(H,26,31). The molecule has 0 saturated carbocycles. The van der Waals surface area contributed by atoms with Gasteiger partial charge in [0.2, 0.25) is 5.91 Å². The minimum atomic E-state index is 0.145. The van der Waals surface area contributed by atoms with Crippen LogP contribution in [0.4, 0.5) is 0 Å². The van der Waals surface area contributed by atoms with E-state index in [1.165, 1.54) is 24.1 Å². The largest absolute Gasteiger partial charge is 0.352 e. The maximum absolute atomic E-state index is 12.6. The van der Waals surface area contributed by atoms with Crippen LogP contribution in [-0.4, -0.2) is 62.7 Å². The summed E-state index contributed by atoms with van der Waals surface area (Å²) in [5.74, 6) is 0.340. The normalized spacial score (nSPS) is 19.5. The Hall–Kier alpha value is -2.25. The molecular formula is C24H36N6O. The Labute approximate surface area is 185 Å². The summed E-state index contributed by atoms with van der Waals surface area (Å²) in [6.45, 7) is 11.2. The lowest BCUT2D eigenvalue weighted by molar-refractivity contribution is -0.126. The third-order valence-electron chi connectivity index (χ3n) is 7.06. The number of rotatable bonds is 7. The molecule has 4 heterocycles. The summed E-state index contributed by atoms with van der Waals surface area (Å²) in [5, 5.41) is 7.58. The van der Waals surface area contributed by atoms with Crippen molar-refractivity contribution in [1.82, 2.24) is 29.9 Å². The zero-order valence-corrected chi connectivity index (χ0v) is 19.0. The van der Waals surface area contributed by atoms with E-state index in [1.54, 1.807) is 6.20 Å². The molecule has 4 rings (SSSR count). The number of nitrogens with zero attached hydrogens (tertiary/aromatic N) is 5. The Morgan fingerprint density at radius 1 is 1.13 bits per heavy atom. The highest BCUT2D eigenvalue weighted by Crippen LogP contribution is 2.25. The summed E-state index contributed by atoms with van der Waals surface area (Å²) in [4.78, 5) is 21.9. The van der Waals surface area contributed by atoms with E-state index in [9.17, 15) is 4.79 Å². The van der Waals surface area contributed by atoms with Gasteiger partial charge in [-0.05, 0) is 77.3 Å². The Morgan fingerprint density at radius 2 is 1.90 bits per heavy atom. The number of aryl methyl sites for hydroxylation is 1. The van der Waals surface area contributed by atoms with Crippen molar-refractivity contribution < 1.29 is 4.79 Å². The van der Waals surface area contributed by atoms with Crippen LogP contribution in [0.1, 0.15) is 49.4 Å². The van der Waals surface area contributed by atoms with E-state index in [1.807, 2.05) is 24.5 Å². The van der Waals surface area contributed by atoms with E-state index in [4.69, 9.17) is 0 Å². The Morgan fingerprint density at radius 3 is 2.55 bits per heavy atom. The van der Waals surface area contributed by atoms with Gasteiger partial charge >= 0.3 is 0 Å². The molecule has 0 unspecified atom stereocenters. The second kappa shape index (κ2) is 10.4. The van der Waals surface area contributed by atoms with Crippen LogP contribution in [0.25, 0.3) is 0 Å². The van der Waals surface area contributed by atoms with Crippen molar-refractivity contribution in [2.75, 3.05) is 26.2 Å². The third-order valence-corrected chi connectivity index (χ3v) is 7.06. The molecule has 2 aromatic rings. The van der Waals surface area contributed by atoms with Gasteiger partial charge in [-0.15, -0.1) is 0 Å². The molecule has 31 heavy (non-hydrogen) atoms. The first-order valence-electron chi connectivity index (χ1n) is 11.8. The lowest BCUT2D eigenvalue weighted by Gasteiger charge is -2.41. The molecule has 7 heteroatoms. The zero-order chi connectivity index (χ0) is 21.6. The van der Waals surface area contributed by atoms with E-state index in [-0.39, 0.29) is 11.8 Å². The highest BCUT2D eigenvalue weighted by atomic mass is 16.1. The van der Waals surface area contributed by atoms with Crippen LogP contribution in [0.3, 0.4) is 0 Å². The summed E-state index contributed by atoms with van der Waals surface area (Å²) in [6.07, 6.45) is 9.98. The smallest absolute Gasteiger partial charge is 0.223 e. The molecule has 0 aliphatic carbocycles. The molecule has 168 valence electrons. The van der Waals surface area contributed by atoms with Crippen molar-refractivity contribution in [3.8, 4) is 0 Å². The average Bonchev–Trinajstić information content (AvgIpc) is 3.18. The van der Waals surface area contributed by atoms with Crippen molar-refractivity contribution in [3.63, 3.8) is 0 Å². The van der Waals surface area contributed by atoms with Gasteiger partial charge in [0.15, 0.2) is 0 Å². The molecule has 0 atom stereocenters. The summed E-state index contributed by atoms with van der Waals surface area (Å²) < 4.78 is 2.08. The Kier molecular flexibility index (Phi) is 7.35. The van der Waals surface area contributed by atoms with E-state index in [2.05, 4.69) is 43.7 Å². The predicted octanol–water partition coefficient (Wildman–Crippen LogP) is 2.60. The van der Waals surface area contributed by atoms with Gasteiger partial charge in [0, 0.05) is 55.2 Å². The molecule has 0 spiro atoms. The molecular weight excluding hydrogens is 388 g/mol. The molecule has 7 nitrogen and oxygen atoms in total. The van der Waals surface area contributed by atoms with Crippen molar-refractivity contribution in [3.05, 3.63) is 47.5 Å². The number of carbonyl (C=O) groups excluding carboxylic acids is 1. The number of aromatic nitrogens is 3. The number of hydrogen-bond donors (Lipinski definition) is 1. The molecule has 1 amide bonds. The molecule has 0 bridgehead atoms. The molecule has 0 radical (unpaired) electrons. The van der Waals surface area contributed by atoms with Crippen LogP contribution < -0.4 is 5.32 Å². The number of carbonyl (C=O) groups is 1. The summed E-state index contributed by atoms with van der Waals surface area (Å²) >= 11 is 0. The minimum absolute atomic E-state index is 0.145. The van der Waals surface area contributed by atoms with Crippen molar-refractivity contribution in [2.45, 2.75) is 65.2 Å². The van der Waals surface area contributed by atoms with E-state index >= 15 is 0 Å². The van der Waals surface area contributed by atoms with E-state index in [0.29, 0.717) is 12.6 Å². The first kappa shape index (κ1) is 22.0. The first-order chi connectivity index (χ1) is 15.1. The fourth-order valence-corrected chi connectivity index (χ4v) is 5.01. The van der Waals surface area contributed by atoms with E-state index < -0.39 is 0 Å². The quantitative estimate of drug-likeness (QED) is 0.740. The molecule has 2 saturated heterocycles. The van der Waals surface area contributed by atoms with Crippen molar-refractivity contribution in [1.29, 1.82) is 0 Å². The fourth-order valence-electron chi connectivity index (χ4n) is 5.01. The molecule has 1 N–H and O–H groups in total.